The highest BCUT2D eigenvalue weighted by atomic mass is 32.2. The Morgan fingerprint density at radius 1 is 1.10 bits per heavy atom. The van der Waals surface area contributed by atoms with Crippen molar-refractivity contribution in [3.8, 4) is 0 Å². The number of hydrogen-bond donors (Lipinski definition) is 3. The molecule has 1 aromatic rings. The van der Waals surface area contributed by atoms with Crippen LogP contribution in [0.25, 0.3) is 0 Å². The molecule has 2 aliphatic carbocycles. The van der Waals surface area contributed by atoms with Gasteiger partial charge in [-0.05, 0) is 62.0 Å². The third kappa shape index (κ3) is 5.91. The molecule has 4 atom stereocenters. The number of para-hydroxylation sites is 1. The number of aliphatic hydroxyl groups excluding tert-OH is 1. The largest absolute Gasteiger partial charge is 0.394 e. The van der Waals surface area contributed by atoms with Gasteiger partial charge < -0.3 is 20.6 Å². The Hall–Kier alpha value is -1.73. The molecular weight excluding hydrogens is 564 g/mol. The summed E-state index contributed by atoms with van der Waals surface area (Å²) in [6.45, 7) is 8.08. The normalized spacial score (nSPS) is 30.8. The highest BCUT2D eigenvalue weighted by Crippen LogP contribution is 2.66. The van der Waals surface area contributed by atoms with Gasteiger partial charge in [0.25, 0.3) is 0 Å². The van der Waals surface area contributed by atoms with E-state index in [0.717, 1.165) is 24.9 Å². The standard InChI is InChI=1S/C29H46N4O6S2/c1-21-6-4-5-7-25(21)32-12-14-33(15-13-32)41(38,39)20-29-11-8-22(28(29,2)3)18-26(29)31-27(35)24(19-34)30-23-9-16-40(36,37)17-10-23/h4-7,22-24,26,30,34H,8-20H2,1-3H3,(H,31,35)/t22?,24?,26-,29+/m0/s1. The molecule has 2 bridgehead atoms. The fourth-order valence-electron chi connectivity index (χ4n) is 7.99. The zero-order chi connectivity index (χ0) is 29.6. The van der Waals surface area contributed by atoms with Gasteiger partial charge in [-0.1, -0.05) is 32.0 Å². The molecule has 12 heteroatoms. The van der Waals surface area contributed by atoms with Gasteiger partial charge in [0, 0.05) is 49.4 Å². The number of hydrogen-bond acceptors (Lipinski definition) is 8. The lowest BCUT2D eigenvalue weighted by atomic mass is 9.69. The van der Waals surface area contributed by atoms with Crippen molar-refractivity contribution in [2.75, 3.05) is 54.9 Å². The summed E-state index contributed by atoms with van der Waals surface area (Å²) in [7, 11) is -6.63. The Kier molecular flexibility index (Phi) is 8.55. The summed E-state index contributed by atoms with van der Waals surface area (Å²) in [5, 5.41) is 16.3. The maximum atomic E-state index is 14.0. The van der Waals surface area contributed by atoms with E-state index < -0.39 is 37.9 Å². The van der Waals surface area contributed by atoms with Crippen LogP contribution in [-0.2, 0) is 24.7 Å². The first-order valence-corrected chi connectivity index (χ1v) is 18.4. The van der Waals surface area contributed by atoms with Gasteiger partial charge in [-0.3, -0.25) is 4.79 Å². The summed E-state index contributed by atoms with van der Waals surface area (Å²) >= 11 is 0. The molecule has 1 amide bonds. The molecule has 4 fully saturated rings. The second-order valence-electron chi connectivity index (χ2n) is 13.2. The second-order valence-corrected chi connectivity index (χ2v) is 17.4. The number of benzene rings is 1. The fourth-order valence-corrected chi connectivity index (χ4v) is 11.8. The van der Waals surface area contributed by atoms with Crippen LogP contribution >= 0.6 is 0 Å². The summed E-state index contributed by atoms with van der Waals surface area (Å²) in [6.07, 6.45) is 3.20. The van der Waals surface area contributed by atoms with E-state index in [2.05, 4.69) is 48.4 Å². The van der Waals surface area contributed by atoms with E-state index in [1.807, 2.05) is 12.1 Å². The maximum Gasteiger partial charge on any atom is 0.239 e. The number of rotatable bonds is 9. The van der Waals surface area contributed by atoms with Gasteiger partial charge in [0.1, 0.15) is 15.9 Å². The van der Waals surface area contributed by atoms with Crippen LogP contribution in [0.15, 0.2) is 24.3 Å². The van der Waals surface area contributed by atoms with Gasteiger partial charge in [0.05, 0.1) is 23.9 Å². The minimum atomic E-state index is -3.59. The molecule has 230 valence electrons. The quantitative estimate of drug-likeness (QED) is 0.381. The number of sulfone groups is 1. The molecule has 5 rings (SSSR count). The van der Waals surface area contributed by atoms with Crippen LogP contribution < -0.4 is 15.5 Å². The Bertz CT molecular complexity index is 1330. The summed E-state index contributed by atoms with van der Waals surface area (Å²) < 4.78 is 53.1. The van der Waals surface area contributed by atoms with Crippen molar-refractivity contribution in [1.29, 1.82) is 0 Å². The minimum Gasteiger partial charge on any atom is -0.394 e. The van der Waals surface area contributed by atoms with Crippen molar-refractivity contribution >= 4 is 31.5 Å². The first-order chi connectivity index (χ1) is 19.3. The lowest BCUT2D eigenvalue weighted by Gasteiger charge is -2.44. The number of piperazine rings is 1. The number of amides is 1. The molecule has 2 aliphatic heterocycles. The maximum absolute atomic E-state index is 14.0. The summed E-state index contributed by atoms with van der Waals surface area (Å²) in [6, 6.07) is 6.82. The van der Waals surface area contributed by atoms with Gasteiger partial charge in [-0.15, -0.1) is 0 Å². The number of aliphatic hydroxyl groups is 1. The van der Waals surface area contributed by atoms with Gasteiger partial charge in [0.15, 0.2) is 0 Å². The number of carbonyl (C=O) groups is 1. The average Bonchev–Trinajstić information content (AvgIpc) is 3.27. The van der Waals surface area contributed by atoms with Crippen LogP contribution in [0.4, 0.5) is 5.69 Å². The van der Waals surface area contributed by atoms with E-state index in [0.29, 0.717) is 44.9 Å². The Morgan fingerprint density at radius 3 is 2.37 bits per heavy atom. The monoisotopic (exact) mass is 610 g/mol. The molecule has 41 heavy (non-hydrogen) atoms. The molecule has 10 nitrogen and oxygen atoms in total. The zero-order valence-electron chi connectivity index (χ0n) is 24.5. The Labute approximate surface area is 245 Å². The number of nitrogens with one attached hydrogen (secondary N) is 2. The molecule has 2 heterocycles. The van der Waals surface area contributed by atoms with E-state index in [1.165, 1.54) is 5.56 Å². The number of fused-ring (bicyclic) bond motifs is 2. The molecule has 2 saturated heterocycles. The first-order valence-electron chi connectivity index (χ1n) is 14.9. The molecule has 0 radical (unpaired) electrons. The topological polar surface area (TPSA) is 136 Å². The highest BCUT2D eigenvalue weighted by Gasteiger charge is 2.66. The second kappa shape index (κ2) is 11.4. The lowest BCUT2D eigenvalue weighted by Crippen LogP contribution is -2.59. The van der Waals surface area contributed by atoms with Crippen molar-refractivity contribution in [1.82, 2.24) is 14.9 Å². The van der Waals surface area contributed by atoms with Crippen molar-refractivity contribution in [3.63, 3.8) is 0 Å². The molecule has 2 unspecified atom stereocenters. The lowest BCUT2D eigenvalue weighted by molar-refractivity contribution is -0.126. The van der Waals surface area contributed by atoms with Gasteiger partial charge in [-0.25, -0.2) is 16.8 Å². The summed E-state index contributed by atoms with van der Waals surface area (Å²) in [5.41, 5.74) is 1.46. The molecular formula is C29H46N4O6S2. The fraction of sp³-hybridized carbons (Fsp3) is 0.759. The average molecular weight is 611 g/mol. The van der Waals surface area contributed by atoms with Crippen LogP contribution in [0.3, 0.4) is 0 Å². The molecule has 0 spiro atoms. The summed E-state index contributed by atoms with van der Waals surface area (Å²) in [5.74, 6) is 0.103. The van der Waals surface area contributed by atoms with E-state index in [-0.39, 0.29) is 40.7 Å². The number of carbonyl (C=O) groups excluding carboxylic acids is 1. The third-order valence-electron chi connectivity index (χ3n) is 10.8. The van der Waals surface area contributed by atoms with Gasteiger partial charge >= 0.3 is 0 Å². The number of anilines is 1. The van der Waals surface area contributed by atoms with E-state index in [1.54, 1.807) is 4.31 Å². The van der Waals surface area contributed by atoms with Crippen LogP contribution in [0.5, 0.6) is 0 Å². The Morgan fingerprint density at radius 2 is 1.76 bits per heavy atom. The number of sulfonamides is 1. The van der Waals surface area contributed by atoms with Crippen LogP contribution in [0.1, 0.15) is 51.5 Å². The predicted molar refractivity (Wildman–Crippen MR) is 160 cm³/mol. The van der Waals surface area contributed by atoms with Crippen molar-refractivity contribution < 1.29 is 26.7 Å². The van der Waals surface area contributed by atoms with Crippen molar-refractivity contribution in [3.05, 3.63) is 29.8 Å². The van der Waals surface area contributed by atoms with Crippen LogP contribution in [0.2, 0.25) is 0 Å². The van der Waals surface area contributed by atoms with E-state index in [4.69, 9.17) is 0 Å². The molecule has 3 N–H and O–H groups in total. The van der Waals surface area contributed by atoms with E-state index >= 15 is 0 Å². The molecule has 0 aromatic heterocycles. The van der Waals surface area contributed by atoms with E-state index in [9.17, 15) is 26.7 Å². The highest BCUT2D eigenvalue weighted by molar-refractivity contribution is 7.91. The van der Waals surface area contributed by atoms with Crippen LogP contribution in [-0.4, -0.2) is 100 Å². The molecule has 4 aliphatic rings. The number of nitrogens with zero attached hydrogens (tertiary/aromatic N) is 2. The molecule has 1 aromatic carbocycles. The molecule has 2 saturated carbocycles. The number of aryl methyl sites for hydroxylation is 1. The van der Waals surface area contributed by atoms with Crippen LogP contribution in [0, 0.1) is 23.7 Å². The first kappa shape index (κ1) is 30.7. The Balaban J connectivity index is 1.26. The third-order valence-corrected chi connectivity index (χ3v) is 14.5. The minimum absolute atomic E-state index is 0.00346. The predicted octanol–water partition coefficient (Wildman–Crippen LogP) is 1.29. The van der Waals surface area contributed by atoms with Gasteiger partial charge in [0.2, 0.25) is 15.9 Å². The SMILES string of the molecule is Cc1ccccc1N1CCN(S(=O)(=O)C[C@]23CCC(C[C@@H]2NC(=O)C(CO)NC2CCS(=O)(=O)CC2)C3(C)C)CC1. The summed E-state index contributed by atoms with van der Waals surface area (Å²) in [4.78, 5) is 15.7. The van der Waals surface area contributed by atoms with Crippen molar-refractivity contribution in [2.24, 2.45) is 16.7 Å². The zero-order valence-corrected chi connectivity index (χ0v) is 26.1. The smallest absolute Gasteiger partial charge is 0.239 e. The van der Waals surface area contributed by atoms with Gasteiger partial charge in [-0.2, -0.15) is 4.31 Å². The van der Waals surface area contributed by atoms with Crippen molar-refractivity contribution in [2.45, 2.75) is 71.0 Å².